The Hall–Kier alpha value is -2.49. The topological polar surface area (TPSA) is 47.6 Å². The second-order valence-corrected chi connectivity index (χ2v) is 5.80. The fourth-order valence-electron chi connectivity index (χ4n) is 2.48. The maximum absolute atomic E-state index is 12.3. The van der Waals surface area contributed by atoms with Gasteiger partial charge in [-0.2, -0.15) is 0 Å². The van der Waals surface area contributed by atoms with Crippen molar-refractivity contribution < 1.29 is 14.3 Å². The van der Waals surface area contributed by atoms with Crippen molar-refractivity contribution in [1.29, 1.82) is 0 Å². The Bertz CT molecular complexity index is 655. The van der Waals surface area contributed by atoms with Crippen LogP contribution in [0.5, 0.6) is 11.5 Å². The lowest BCUT2D eigenvalue weighted by atomic mass is 10.1. The van der Waals surface area contributed by atoms with Gasteiger partial charge in [0.15, 0.2) is 11.5 Å². The highest BCUT2D eigenvalue weighted by Gasteiger charge is 2.13. The van der Waals surface area contributed by atoms with E-state index in [0.29, 0.717) is 23.7 Å². The molecule has 0 aliphatic heterocycles. The van der Waals surface area contributed by atoms with E-state index in [-0.39, 0.29) is 11.9 Å². The fourth-order valence-corrected chi connectivity index (χ4v) is 2.48. The van der Waals surface area contributed by atoms with Crippen LogP contribution in [-0.2, 0) is 6.61 Å². The maximum Gasteiger partial charge on any atom is 0.251 e. The summed E-state index contributed by atoms with van der Waals surface area (Å²) in [7, 11) is 1.58. The van der Waals surface area contributed by atoms with E-state index in [1.165, 1.54) is 0 Å². The first kappa shape index (κ1) is 17.9. The van der Waals surface area contributed by atoms with Crippen LogP contribution in [0.25, 0.3) is 0 Å². The van der Waals surface area contributed by atoms with E-state index >= 15 is 0 Å². The van der Waals surface area contributed by atoms with Gasteiger partial charge in [0.2, 0.25) is 0 Å². The van der Waals surface area contributed by atoms with E-state index in [1.54, 1.807) is 25.3 Å². The highest BCUT2D eigenvalue weighted by molar-refractivity contribution is 5.95. The van der Waals surface area contributed by atoms with Crippen LogP contribution in [0.15, 0.2) is 48.5 Å². The number of hydrogen-bond acceptors (Lipinski definition) is 3. The number of carbonyl (C=O) groups excluding carboxylic acids is 1. The Morgan fingerprint density at radius 2 is 1.88 bits per heavy atom. The molecule has 0 bridgehead atoms. The number of ether oxygens (including phenoxy) is 2. The second-order valence-electron chi connectivity index (χ2n) is 5.80. The second kappa shape index (κ2) is 8.96. The van der Waals surface area contributed by atoms with Gasteiger partial charge >= 0.3 is 0 Å². The van der Waals surface area contributed by atoms with Gasteiger partial charge < -0.3 is 14.8 Å². The van der Waals surface area contributed by atoms with Gasteiger partial charge in [-0.05, 0) is 37.1 Å². The molecule has 24 heavy (non-hydrogen) atoms. The van der Waals surface area contributed by atoms with E-state index in [9.17, 15) is 4.79 Å². The molecule has 0 heterocycles. The normalized spacial score (nSPS) is 11.6. The minimum Gasteiger partial charge on any atom is -0.493 e. The number of hydrogen-bond donors (Lipinski definition) is 1. The van der Waals surface area contributed by atoms with Crippen LogP contribution >= 0.6 is 0 Å². The van der Waals surface area contributed by atoms with Crippen molar-refractivity contribution in [3.05, 3.63) is 59.7 Å². The van der Waals surface area contributed by atoms with Crippen molar-refractivity contribution in [2.75, 3.05) is 7.11 Å². The van der Waals surface area contributed by atoms with Crippen molar-refractivity contribution in [3.8, 4) is 11.5 Å². The number of nitrogens with one attached hydrogen (secondary N) is 1. The van der Waals surface area contributed by atoms with E-state index in [1.807, 2.05) is 37.3 Å². The van der Waals surface area contributed by atoms with Crippen LogP contribution in [0.1, 0.15) is 42.6 Å². The molecular weight excluding hydrogens is 302 g/mol. The first-order valence-electron chi connectivity index (χ1n) is 8.29. The number of methoxy groups -OCH3 is 1. The molecule has 1 unspecified atom stereocenters. The lowest BCUT2D eigenvalue weighted by molar-refractivity contribution is 0.0938. The number of carbonyl (C=O) groups is 1. The summed E-state index contributed by atoms with van der Waals surface area (Å²) in [6, 6.07) is 15.3. The van der Waals surface area contributed by atoms with Gasteiger partial charge in [0.25, 0.3) is 5.91 Å². The zero-order chi connectivity index (χ0) is 17.4. The van der Waals surface area contributed by atoms with Gasteiger partial charge in [0.05, 0.1) is 7.11 Å². The lowest BCUT2D eigenvalue weighted by Gasteiger charge is -2.15. The average molecular weight is 327 g/mol. The molecule has 0 aliphatic carbocycles. The molecule has 0 radical (unpaired) electrons. The number of rotatable bonds is 8. The third-order valence-electron chi connectivity index (χ3n) is 3.76. The largest absolute Gasteiger partial charge is 0.493 e. The number of amides is 1. The molecule has 0 saturated carbocycles. The highest BCUT2D eigenvalue weighted by Crippen LogP contribution is 2.29. The summed E-state index contributed by atoms with van der Waals surface area (Å²) >= 11 is 0. The Morgan fingerprint density at radius 3 is 2.54 bits per heavy atom. The van der Waals surface area contributed by atoms with Gasteiger partial charge in [0, 0.05) is 11.6 Å². The van der Waals surface area contributed by atoms with Crippen LogP contribution in [0, 0.1) is 0 Å². The first-order valence-corrected chi connectivity index (χ1v) is 8.29. The van der Waals surface area contributed by atoms with Crippen LogP contribution < -0.4 is 14.8 Å². The summed E-state index contributed by atoms with van der Waals surface area (Å²) in [5.41, 5.74) is 1.65. The molecule has 0 spiro atoms. The van der Waals surface area contributed by atoms with Gasteiger partial charge in [-0.15, -0.1) is 0 Å². The Labute approximate surface area is 143 Å². The molecule has 1 amide bonds. The van der Waals surface area contributed by atoms with Gasteiger partial charge in [0.1, 0.15) is 6.61 Å². The summed E-state index contributed by atoms with van der Waals surface area (Å²) in [5.74, 6) is 1.09. The molecule has 4 nitrogen and oxygen atoms in total. The van der Waals surface area contributed by atoms with Gasteiger partial charge in [-0.25, -0.2) is 0 Å². The predicted octanol–water partition coefficient (Wildman–Crippen LogP) is 4.19. The molecule has 0 saturated heterocycles. The molecule has 4 heteroatoms. The molecule has 2 rings (SSSR count). The summed E-state index contributed by atoms with van der Waals surface area (Å²) < 4.78 is 11.2. The standard InChI is InChI=1S/C20H25NO3/c1-4-8-15(2)21-20(22)17-11-12-18(19(13-17)23-3)24-14-16-9-6-5-7-10-16/h5-7,9-13,15H,4,8,14H2,1-3H3,(H,21,22). The van der Waals surface area contributed by atoms with Crippen LogP contribution in [-0.4, -0.2) is 19.1 Å². The van der Waals surface area contributed by atoms with Gasteiger partial charge in [-0.1, -0.05) is 43.7 Å². The third-order valence-corrected chi connectivity index (χ3v) is 3.76. The van der Waals surface area contributed by atoms with Gasteiger partial charge in [-0.3, -0.25) is 4.79 Å². The van der Waals surface area contributed by atoms with E-state index in [4.69, 9.17) is 9.47 Å². The summed E-state index contributed by atoms with van der Waals surface area (Å²) in [5, 5.41) is 2.99. The van der Waals surface area contributed by atoms with Crippen molar-refractivity contribution in [3.63, 3.8) is 0 Å². The SMILES string of the molecule is CCCC(C)NC(=O)c1ccc(OCc2ccccc2)c(OC)c1. The van der Waals surface area contributed by atoms with E-state index in [0.717, 1.165) is 18.4 Å². The maximum atomic E-state index is 12.3. The Kier molecular flexibility index (Phi) is 6.67. The molecule has 2 aromatic rings. The van der Waals surface area contributed by atoms with Crippen molar-refractivity contribution in [2.24, 2.45) is 0 Å². The molecule has 1 atom stereocenters. The smallest absolute Gasteiger partial charge is 0.251 e. The number of benzene rings is 2. The zero-order valence-electron chi connectivity index (χ0n) is 14.5. The zero-order valence-corrected chi connectivity index (χ0v) is 14.5. The molecule has 128 valence electrons. The minimum atomic E-state index is -0.0936. The van der Waals surface area contributed by atoms with Crippen molar-refractivity contribution >= 4 is 5.91 Å². The van der Waals surface area contributed by atoms with E-state index < -0.39 is 0 Å². The summed E-state index contributed by atoms with van der Waals surface area (Å²) in [6.45, 7) is 4.57. The summed E-state index contributed by atoms with van der Waals surface area (Å²) in [6.07, 6.45) is 2.00. The van der Waals surface area contributed by atoms with Crippen LogP contribution in [0.2, 0.25) is 0 Å². The van der Waals surface area contributed by atoms with Crippen LogP contribution in [0.4, 0.5) is 0 Å². The van der Waals surface area contributed by atoms with Crippen molar-refractivity contribution in [2.45, 2.75) is 39.3 Å². The third kappa shape index (κ3) is 5.01. The first-order chi connectivity index (χ1) is 11.6. The molecule has 2 aromatic carbocycles. The molecule has 0 aliphatic rings. The van der Waals surface area contributed by atoms with Crippen molar-refractivity contribution in [1.82, 2.24) is 5.32 Å². The predicted molar refractivity (Wildman–Crippen MR) is 95.6 cm³/mol. The Morgan fingerprint density at radius 1 is 1.12 bits per heavy atom. The molecule has 1 N–H and O–H groups in total. The molecule has 0 aromatic heterocycles. The fraction of sp³-hybridized carbons (Fsp3) is 0.350. The average Bonchev–Trinajstić information content (AvgIpc) is 2.60. The van der Waals surface area contributed by atoms with Crippen LogP contribution in [0.3, 0.4) is 0 Å². The quantitative estimate of drug-likeness (QED) is 0.791. The Balaban J connectivity index is 2.05. The summed E-state index contributed by atoms with van der Waals surface area (Å²) in [4.78, 5) is 12.3. The monoisotopic (exact) mass is 327 g/mol. The molecular formula is C20H25NO3. The minimum absolute atomic E-state index is 0.0936. The highest BCUT2D eigenvalue weighted by atomic mass is 16.5. The van der Waals surface area contributed by atoms with E-state index in [2.05, 4.69) is 12.2 Å². The molecule has 0 fully saturated rings. The lowest BCUT2D eigenvalue weighted by Crippen LogP contribution is -2.32.